The minimum Gasteiger partial charge on any atom is -0.462 e. The lowest BCUT2D eigenvalue weighted by Crippen LogP contribution is -2.63. The standard InChI is InChI=1S/C29H48O3/c1-19(30)32-25-13-16-28(5)23(26(25,2)3)12-15-27(4)21-11-17-29(18-31-6)14-7-8-22(29)20(21)9-10-24(27)28/h20-25H,7-18H2,1-6H3. The first-order valence-electron chi connectivity index (χ1n) is 13.7. The smallest absolute Gasteiger partial charge is 0.302 e. The van der Waals surface area contributed by atoms with E-state index in [0.717, 1.165) is 36.7 Å². The first kappa shape index (κ1) is 23.2. The summed E-state index contributed by atoms with van der Waals surface area (Å²) >= 11 is 0. The molecule has 0 aromatic heterocycles. The Labute approximate surface area is 196 Å². The Bertz CT molecular complexity index is 745. The molecule has 5 aliphatic rings. The number of carbonyl (C=O) groups excluding carboxylic acids is 1. The normalized spacial score (nSPS) is 51.7. The molecule has 9 atom stereocenters. The molecular formula is C29H48O3. The molecule has 9 unspecified atom stereocenters. The quantitative estimate of drug-likeness (QED) is 0.438. The molecule has 5 fully saturated rings. The van der Waals surface area contributed by atoms with Crippen LogP contribution in [0.15, 0.2) is 0 Å². The van der Waals surface area contributed by atoms with E-state index in [2.05, 4.69) is 27.7 Å². The molecule has 32 heavy (non-hydrogen) atoms. The van der Waals surface area contributed by atoms with Crippen molar-refractivity contribution >= 4 is 5.97 Å². The maximum atomic E-state index is 11.8. The molecule has 0 aromatic carbocycles. The van der Waals surface area contributed by atoms with Crippen LogP contribution in [0.1, 0.15) is 105 Å². The second-order valence-electron chi connectivity index (χ2n) is 13.8. The third-order valence-corrected chi connectivity index (χ3v) is 12.4. The molecule has 5 saturated carbocycles. The van der Waals surface area contributed by atoms with E-state index in [1.165, 1.54) is 64.2 Å². The van der Waals surface area contributed by atoms with Crippen molar-refractivity contribution in [3.05, 3.63) is 0 Å². The fourth-order valence-electron chi connectivity index (χ4n) is 11.3. The summed E-state index contributed by atoms with van der Waals surface area (Å²) in [6, 6.07) is 0. The van der Waals surface area contributed by atoms with Crippen LogP contribution in [0.5, 0.6) is 0 Å². The number of rotatable bonds is 3. The summed E-state index contributed by atoms with van der Waals surface area (Å²) in [6.07, 6.45) is 15.0. The summed E-state index contributed by atoms with van der Waals surface area (Å²) in [5, 5.41) is 0. The Kier molecular flexibility index (Phi) is 5.59. The summed E-state index contributed by atoms with van der Waals surface area (Å²) in [6.45, 7) is 12.7. The predicted molar refractivity (Wildman–Crippen MR) is 128 cm³/mol. The van der Waals surface area contributed by atoms with Crippen molar-refractivity contribution in [2.24, 2.45) is 51.2 Å². The first-order valence-corrected chi connectivity index (χ1v) is 13.7. The summed E-state index contributed by atoms with van der Waals surface area (Å²) < 4.78 is 11.7. The van der Waals surface area contributed by atoms with Gasteiger partial charge in [0.15, 0.2) is 0 Å². The topological polar surface area (TPSA) is 35.5 Å². The van der Waals surface area contributed by atoms with Crippen molar-refractivity contribution in [2.45, 2.75) is 111 Å². The van der Waals surface area contributed by atoms with Gasteiger partial charge in [0, 0.05) is 19.4 Å². The zero-order valence-electron chi connectivity index (χ0n) is 21.7. The van der Waals surface area contributed by atoms with Gasteiger partial charge >= 0.3 is 5.97 Å². The Morgan fingerprint density at radius 2 is 1.56 bits per heavy atom. The van der Waals surface area contributed by atoms with Gasteiger partial charge in [-0.3, -0.25) is 4.79 Å². The van der Waals surface area contributed by atoms with Gasteiger partial charge < -0.3 is 9.47 Å². The molecule has 5 aliphatic carbocycles. The van der Waals surface area contributed by atoms with E-state index >= 15 is 0 Å². The maximum Gasteiger partial charge on any atom is 0.302 e. The van der Waals surface area contributed by atoms with E-state index in [4.69, 9.17) is 9.47 Å². The second kappa shape index (κ2) is 7.72. The molecule has 0 saturated heterocycles. The molecule has 3 heteroatoms. The van der Waals surface area contributed by atoms with Gasteiger partial charge in [-0.15, -0.1) is 0 Å². The molecule has 0 aromatic rings. The fourth-order valence-corrected chi connectivity index (χ4v) is 11.3. The number of hydrogen-bond donors (Lipinski definition) is 0. The molecule has 0 radical (unpaired) electrons. The number of hydrogen-bond acceptors (Lipinski definition) is 3. The Morgan fingerprint density at radius 3 is 2.28 bits per heavy atom. The lowest BCUT2D eigenvalue weighted by molar-refractivity contribution is -0.222. The van der Waals surface area contributed by atoms with Gasteiger partial charge in [-0.2, -0.15) is 0 Å². The third-order valence-electron chi connectivity index (χ3n) is 12.4. The van der Waals surface area contributed by atoms with Crippen molar-refractivity contribution < 1.29 is 14.3 Å². The molecule has 5 rings (SSSR count). The highest BCUT2D eigenvalue weighted by Gasteiger charge is 2.66. The highest BCUT2D eigenvalue weighted by molar-refractivity contribution is 5.66. The number of methoxy groups -OCH3 is 1. The van der Waals surface area contributed by atoms with Gasteiger partial charge in [-0.1, -0.05) is 34.1 Å². The van der Waals surface area contributed by atoms with Gasteiger partial charge in [0.05, 0.1) is 6.61 Å². The highest BCUT2D eigenvalue weighted by atomic mass is 16.5. The molecule has 0 aliphatic heterocycles. The van der Waals surface area contributed by atoms with Crippen LogP contribution in [-0.4, -0.2) is 25.8 Å². The molecular weight excluding hydrogens is 396 g/mol. The molecule has 0 spiro atoms. The zero-order chi connectivity index (χ0) is 22.9. The van der Waals surface area contributed by atoms with Crippen LogP contribution in [0.4, 0.5) is 0 Å². The zero-order valence-corrected chi connectivity index (χ0v) is 21.7. The molecule has 182 valence electrons. The van der Waals surface area contributed by atoms with Crippen LogP contribution >= 0.6 is 0 Å². The van der Waals surface area contributed by atoms with Crippen molar-refractivity contribution in [2.75, 3.05) is 13.7 Å². The third kappa shape index (κ3) is 3.11. The van der Waals surface area contributed by atoms with Crippen molar-refractivity contribution in [1.82, 2.24) is 0 Å². The predicted octanol–water partition coefficient (Wildman–Crippen LogP) is 7.03. The summed E-state index contributed by atoms with van der Waals surface area (Å²) in [7, 11) is 1.92. The van der Waals surface area contributed by atoms with Crippen molar-refractivity contribution in [3.63, 3.8) is 0 Å². The summed E-state index contributed by atoms with van der Waals surface area (Å²) in [5.74, 6) is 4.11. The molecule has 3 nitrogen and oxygen atoms in total. The Balaban J connectivity index is 1.43. The average Bonchev–Trinajstić information content (AvgIpc) is 3.14. The Morgan fingerprint density at radius 1 is 0.812 bits per heavy atom. The number of carbonyl (C=O) groups is 1. The maximum absolute atomic E-state index is 11.8. The van der Waals surface area contributed by atoms with E-state index < -0.39 is 0 Å². The second-order valence-corrected chi connectivity index (χ2v) is 13.8. The largest absolute Gasteiger partial charge is 0.462 e. The van der Waals surface area contributed by atoms with Gasteiger partial charge in [0.25, 0.3) is 0 Å². The van der Waals surface area contributed by atoms with Gasteiger partial charge in [0.1, 0.15) is 6.10 Å². The summed E-state index contributed by atoms with van der Waals surface area (Å²) in [5.41, 5.74) is 1.43. The van der Waals surface area contributed by atoms with Crippen LogP contribution in [0.2, 0.25) is 0 Å². The molecule has 0 heterocycles. The molecule has 0 bridgehead atoms. The number of ether oxygens (including phenoxy) is 2. The van der Waals surface area contributed by atoms with Gasteiger partial charge in [-0.25, -0.2) is 0 Å². The molecule has 0 amide bonds. The van der Waals surface area contributed by atoms with E-state index in [-0.39, 0.29) is 17.5 Å². The minimum absolute atomic E-state index is 0.0719. The highest BCUT2D eigenvalue weighted by Crippen LogP contribution is 2.73. The van der Waals surface area contributed by atoms with Crippen LogP contribution < -0.4 is 0 Å². The van der Waals surface area contributed by atoms with Crippen LogP contribution in [0, 0.1) is 51.2 Å². The summed E-state index contributed by atoms with van der Waals surface area (Å²) in [4.78, 5) is 11.8. The number of fused-ring (bicyclic) bond motifs is 7. The fraction of sp³-hybridized carbons (Fsp3) is 0.966. The number of esters is 1. The van der Waals surface area contributed by atoms with Gasteiger partial charge in [-0.05, 0) is 110 Å². The monoisotopic (exact) mass is 444 g/mol. The lowest BCUT2D eigenvalue weighted by atomic mass is 9.36. The van der Waals surface area contributed by atoms with E-state index in [0.29, 0.717) is 22.2 Å². The van der Waals surface area contributed by atoms with Crippen LogP contribution in [-0.2, 0) is 14.3 Å². The van der Waals surface area contributed by atoms with Crippen LogP contribution in [0.3, 0.4) is 0 Å². The average molecular weight is 445 g/mol. The molecule has 0 N–H and O–H groups in total. The lowest BCUT2D eigenvalue weighted by Gasteiger charge is -2.69. The van der Waals surface area contributed by atoms with Crippen molar-refractivity contribution in [3.8, 4) is 0 Å². The van der Waals surface area contributed by atoms with E-state index in [1.807, 2.05) is 7.11 Å². The van der Waals surface area contributed by atoms with Crippen LogP contribution in [0.25, 0.3) is 0 Å². The van der Waals surface area contributed by atoms with Crippen molar-refractivity contribution in [1.29, 1.82) is 0 Å². The van der Waals surface area contributed by atoms with E-state index in [9.17, 15) is 4.79 Å². The Hall–Kier alpha value is -0.570. The van der Waals surface area contributed by atoms with E-state index in [1.54, 1.807) is 6.92 Å². The SMILES string of the molecule is COCC12CCCC1C1CCC3C(C)(CCC4C(C)(C)C(OC(C)=O)CCC43C)C1CC2. The minimum atomic E-state index is -0.105. The van der Waals surface area contributed by atoms with Gasteiger partial charge in [0.2, 0.25) is 0 Å². The first-order chi connectivity index (χ1) is 15.1.